The van der Waals surface area contributed by atoms with E-state index in [2.05, 4.69) is 4.98 Å². The second-order valence-electron chi connectivity index (χ2n) is 7.61. The first-order chi connectivity index (χ1) is 16.6. The highest BCUT2D eigenvalue weighted by atomic mass is 16.5. The normalized spacial score (nSPS) is 15.3. The minimum absolute atomic E-state index is 0.126. The van der Waals surface area contributed by atoms with Gasteiger partial charge >= 0.3 is 0 Å². The van der Waals surface area contributed by atoms with Crippen molar-refractivity contribution in [2.45, 2.75) is 13.5 Å². The van der Waals surface area contributed by atoms with Crippen molar-refractivity contribution in [3.8, 4) is 11.5 Å². The van der Waals surface area contributed by atoms with Gasteiger partial charge in [-0.3, -0.25) is 4.79 Å². The predicted octanol–water partition coefficient (Wildman–Crippen LogP) is 5.12. The van der Waals surface area contributed by atoms with Crippen molar-refractivity contribution in [2.75, 3.05) is 6.61 Å². The van der Waals surface area contributed by atoms with Gasteiger partial charge in [0.15, 0.2) is 5.78 Å². The molecular formula is C28H23NO5. The number of para-hydroxylation sites is 1. The van der Waals surface area contributed by atoms with Crippen LogP contribution >= 0.6 is 0 Å². The molecule has 1 N–H and O–H groups in total. The van der Waals surface area contributed by atoms with E-state index >= 15 is 0 Å². The van der Waals surface area contributed by atoms with Gasteiger partial charge in [-0.25, -0.2) is 9.78 Å². The van der Waals surface area contributed by atoms with E-state index in [1.165, 1.54) is 18.2 Å². The van der Waals surface area contributed by atoms with Crippen molar-refractivity contribution in [3.63, 3.8) is 0 Å². The van der Waals surface area contributed by atoms with Crippen molar-refractivity contribution < 1.29 is 24.2 Å². The molecule has 1 aromatic heterocycles. The van der Waals surface area contributed by atoms with Crippen molar-refractivity contribution in [2.24, 2.45) is 5.92 Å². The molecule has 0 fully saturated rings. The molecule has 170 valence electrons. The van der Waals surface area contributed by atoms with Crippen molar-refractivity contribution >= 4 is 22.6 Å². The van der Waals surface area contributed by atoms with Crippen LogP contribution in [0.3, 0.4) is 0 Å². The van der Waals surface area contributed by atoms with Crippen LogP contribution in [0.15, 0.2) is 96.3 Å². The van der Waals surface area contributed by atoms with Crippen molar-refractivity contribution in [3.05, 3.63) is 108 Å². The number of hydrogen-bond acceptors (Lipinski definition) is 6. The SMILES string of the molecule is CCOc1ccc(O)c(C(=O)C=CC2C=CC(OCc3ccc4ccccc4n3)=CC2=C=O)c1. The molecule has 1 atom stereocenters. The zero-order chi connectivity index (χ0) is 23.9. The quantitative estimate of drug-likeness (QED) is 0.289. The number of phenolic OH excluding ortho intramolecular Hbond substituents is 1. The van der Waals surface area contributed by atoms with Gasteiger partial charge in [0.05, 0.1) is 29.0 Å². The minimum Gasteiger partial charge on any atom is -0.507 e. The molecule has 0 saturated heterocycles. The Morgan fingerprint density at radius 3 is 2.82 bits per heavy atom. The molecule has 1 aliphatic rings. The number of fused-ring (bicyclic) bond motifs is 1. The Kier molecular flexibility index (Phi) is 7.01. The Morgan fingerprint density at radius 2 is 2.00 bits per heavy atom. The number of aromatic nitrogens is 1. The van der Waals surface area contributed by atoms with E-state index in [-0.39, 0.29) is 17.9 Å². The smallest absolute Gasteiger partial charge is 0.189 e. The first-order valence-electron chi connectivity index (χ1n) is 10.9. The van der Waals surface area contributed by atoms with E-state index in [0.717, 1.165) is 16.6 Å². The van der Waals surface area contributed by atoms with Crippen LogP contribution in [0.2, 0.25) is 0 Å². The fourth-order valence-electron chi connectivity index (χ4n) is 3.55. The number of allylic oxidation sites excluding steroid dienone is 6. The third-order valence-electron chi connectivity index (χ3n) is 5.28. The van der Waals surface area contributed by atoms with Gasteiger partial charge in [-0.2, -0.15) is 0 Å². The maximum absolute atomic E-state index is 12.6. The number of pyridine rings is 1. The van der Waals surface area contributed by atoms with Crippen LogP contribution in [-0.2, 0) is 16.1 Å². The van der Waals surface area contributed by atoms with Gasteiger partial charge in [-0.05, 0) is 55.5 Å². The number of hydrogen-bond donors (Lipinski definition) is 1. The standard InChI is InChI=1S/C28H23NO5/c1-2-33-24-12-14-28(32)25(16-24)27(31)13-9-19-8-11-23(15-21(19)17-30)34-18-22-10-7-20-5-3-4-6-26(20)29-22/h3-16,19,32H,2,18H2,1H3. The molecule has 0 radical (unpaired) electrons. The number of carbonyl (C=O) groups excluding carboxylic acids is 2. The molecule has 1 unspecified atom stereocenters. The average Bonchev–Trinajstić information content (AvgIpc) is 2.87. The third-order valence-corrected chi connectivity index (χ3v) is 5.28. The predicted molar refractivity (Wildman–Crippen MR) is 129 cm³/mol. The summed E-state index contributed by atoms with van der Waals surface area (Å²) in [5.41, 5.74) is 2.12. The van der Waals surface area contributed by atoms with Crippen LogP contribution in [0.5, 0.6) is 11.5 Å². The van der Waals surface area contributed by atoms with Crippen LogP contribution in [0.25, 0.3) is 10.9 Å². The summed E-state index contributed by atoms with van der Waals surface area (Å²) < 4.78 is 11.2. The van der Waals surface area contributed by atoms with Gasteiger partial charge in [0, 0.05) is 11.3 Å². The maximum Gasteiger partial charge on any atom is 0.189 e. The molecule has 2 aromatic carbocycles. The number of ketones is 1. The van der Waals surface area contributed by atoms with Crippen LogP contribution in [-0.4, -0.2) is 28.4 Å². The summed E-state index contributed by atoms with van der Waals surface area (Å²) in [6, 6.07) is 16.2. The number of nitrogens with zero attached hydrogens (tertiary/aromatic N) is 1. The third kappa shape index (κ3) is 5.31. The summed E-state index contributed by atoms with van der Waals surface area (Å²) in [4.78, 5) is 28.7. The molecule has 3 aromatic rings. The van der Waals surface area contributed by atoms with Crippen LogP contribution in [0, 0.1) is 5.92 Å². The van der Waals surface area contributed by atoms with Gasteiger partial charge in [-0.15, -0.1) is 0 Å². The monoisotopic (exact) mass is 453 g/mol. The number of ether oxygens (including phenoxy) is 2. The Labute approximate surface area is 197 Å². The number of phenols is 1. The fourth-order valence-corrected chi connectivity index (χ4v) is 3.55. The van der Waals surface area contributed by atoms with Gasteiger partial charge in [0.2, 0.25) is 0 Å². The highest BCUT2D eigenvalue weighted by molar-refractivity contribution is 6.06. The Balaban J connectivity index is 1.42. The Hall–Kier alpha value is -4.41. The molecular weight excluding hydrogens is 430 g/mol. The lowest BCUT2D eigenvalue weighted by molar-refractivity contribution is 0.104. The lowest BCUT2D eigenvalue weighted by atomic mass is 9.93. The van der Waals surface area contributed by atoms with E-state index in [1.54, 1.807) is 30.4 Å². The lowest BCUT2D eigenvalue weighted by Crippen LogP contribution is -2.06. The van der Waals surface area contributed by atoms with Gasteiger partial charge < -0.3 is 14.6 Å². The van der Waals surface area contributed by atoms with Crippen LogP contribution in [0.1, 0.15) is 23.0 Å². The van der Waals surface area contributed by atoms with Gasteiger partial charge in [0.25, 0.3) is 0 Å². The summed E-state index contributed by atoms with van der Waals surface area (Å²) in [6.07, 6.45) is 8.01. The first-order valence-corrected chi connectivity index (χ1v) is 10.9. The molecule has 0 spiro atoms. The second-order valence-corrected chi connectivity index (χ2v) is 7.61. The molecule has 34 heavy (non-hydrogen) atoms. The zero-order valence-corrected chi connectivity index (χ0v) is 18.6. The number of benzene rings is 2. The molecule has 1 aliphatic carbocycles. The lowest BCUT2D eigenvalue weighted by Gasteiger charge is -2.15. The fraction of sp³-hybridized carbons (Fsp3) is 0.143. The van der Waals surface area contributed by atoms with E-state index in [4.69, 9.17) is 9.47 Å². The van der Waals surface area contributed by atoms with E-state index < -0.39 is 11.7 Å². The summed E-state index contributed by atoms with van der Waals surface area (Å²) >= 11 is 0. The number of aromatic hydroxyl groups is 1. The highest BCUT2D eigenvalue weighted by Gasteiger charge is 2.16. The number of rotatable bonds is 8. The van der Waals surface area contributed by atoms with E-state index in [1.807, 2.05) is 49.3 Å². The highest BCUT2D eigenvalue weighted by Crippen LogP contribution is 2.26. The Bertz CT molecular complexity index is 1360. The van der Waals surface area contributed by atoms with E-state index in [0.29, 0.717) is 23.7 Å². The molecule has 4 rings (SSSR count). The second kappa shape index (κ2) is 10.5. The van der Waals surface area contributed by atoms with Crippen LogP contribution in [0.4, 0.5) is 0 Å². The first kappa shape index (κ1) is 22.8. The Morgan fingerprint density at radius 1 is 1.15 bits per heavy atom. The topological polar surface area (TPSA) is 85.7 Å². The molecule has 0 bridgehead atoms. The summed E-state index contributed by atoms with van der Waals surface area (Å²) in [5.74, 6) is 1.94. The summed E-state index contributed by atoms with van der Waals surface area (Å²) in [6.45, 7) is 2.53. The molecule has 6 heteroatoms. The molecule has 0 aliphatic heterocycles. The summed E-state index contributed by atoms with van der Waals surface area (Å²) in [7, 11) is 0. The molecule has 0 saturated carbocycles. The maximum atomic E-state index is 12.6. The van der Waals surface area contributed by atoms with Crippen molar-refractivity contribution in [1.29, 1.82) is 0 Å². The molecule has 1 heterocycles. The zero-order valence-electron chi connectivity index (χ0n) is 18.6. The summed E-state index contributed by atoms with van der Waals surface area (Å²) in [5, 5.41) is 11.1. The van der Waals surface area contributed by atoms with Gasteiger partial charge in [0.1, 0.15) is 29.8 Å². The van der Waals surface area contributed by atoms with Gasteiger partial charge in [-0.1, -0.05) is 36.4 Å². The van der Waals surface area contributed by atoms with E-state index in [9.17, 15) is 14.7 Å². The van der Waals surface area contributed by atoms with Crippen molar-refractivity contribution in [1.82, 2.24) is 4.98 Å². The number of carbonyl (C=O) groups is 1. The van der Waals surface area contributed by atoms with Crippen LogP contribution < -0.4 is 4.74 Å². The largest absolute Gasteiger partial charge is 0.507 e. The average molecular weight is 453 g/mol. The molecule has 0 amide bonds. The minimum atomic E-state index is -0.440. The molecule has 6 nitrogen and oxygen atoms in total.